The van der Waals surface area contributed by atoms with E-state index in [4.69, 9.17) is 0 Å². The van der Waals surface area contributed by atoms with Gasteiger partial charge in [0.1, 0.15) is 5.75 Å². The van der Waals surface area contributed by atoms with Crippen LogP contribution in [0.5, 0.6) is 5.75 Å². The monoisotopic (exact) mass is 296 g/mol. The smallest absolute Gasteiger partial charge is 0.120 e. The molecule has 3 aromatic rings. The van der Waals surface area contributed by atoms with E-state index in [-0.39, 0.29) is 18.4 Å². The molecular weight excluding hydrogens is 276 g/mol. The van der Waals surface area contributed by atoms with Gasteiger partial charge in [0.2, 0.25) is 0 Å². The Hall–Kier alpha value is -2.30. The Balaban J connectivity index is 1.68. The maximum atomic E-state index is 9.79. The second kappa shape index (κ2) is 6.64. The van der Waals surface area contributed by atoms with Gasteiger partial charge in [-0.1, -0.05) is 36.4 Å². The Morgan fingerprint density at radius 2 is 1.77 bits per heavy atom. The van der Waals surface area contributed by atoms with Gasteiger partial charge in [0.15, 0.2) is 0 Å². The van der Waals surface area contributed by atoms with E-state index >= 15 is 0 Å². The fraction of sp³-hybridized carbons (Fsp3) is 0.222. The molecule has 114 valence electrons. The summed E-state index contributed by atoms with van der Waals surface area (Å²) in [5.74, 6) is 0.277. The van der Waals surface area contributed by atoms with Crippen LogP contribution >= 0.6 is 0 Å². The molecule has 1 aromatic heterocycles. The Kier molecular flexibility index (Phi) is 4.42. The Bertz CT molecular complexity index is 751. The van der Waals surface area contributed by atoms with E-state index in [1.807, 2.05) is 36.5 Å². The van der Waals surface area contributed by atoms with Crippen LogP contribution in [0, 0.1) is 0 Å². The molecule has 0 fully saturated rings. The number of rotatable bonds is 6. The minimum Gasteiger partial charge on any atom is -0.508 e. The molecule has 0 amide bonds. The first-order valence-electron chi connectivity index (χ1n) is 7.44. The van der Waals surface area contributed by atoms with Crippen molar-refractivity contribution in [2.24, 2.45) is 0 Å². The van der Waals surface area contributed by atoms with Gasteiger partial charge in [-0.05, 0) is 24.1 Å². The number of aromatic nitrogens is 1. The molecule has 0 aliphatic carbocycles. The van der Waals surface area contributed by atoms with E-state index in [2.05, 4.69) is 16.4 Å². The number of phenolic OH excluding ortho intramolecular Hbond substituents is 1. The van der Waals surface area contributed by atoms with Crippen LogP contribution in [0.2, 0.25) is 0 Å². The Morgan fingerprint density at radius 3 is 2.59 bits per heavy atom. The fourth-order valence-corrected chi connectivity index (χ4v) is 2.68. The van der Waals surface area contributed by atoms with Crippen molar-refractivity contribution in [2.45, 2.75) is 19.0 Å². The van der Waals surface area contributed by atoms with Crippen molar-refractivity contribution in [1.82, 2.24) is 10.3 Å². The van der Waals surface area contributed by atoms with E-state index in [0.717, 1.165) is 17.5 Å². The third kappa shape index (κ3) is 3.13. The molecule has 4 N–H and O–H groups in total. The normalized spacial score (nSPS) is 12.6. The van der Waals surface area contributed by atoms with Crippen LogP contribution in [0.25, 0.3) is 10.9 Å². The summed E-state index contributed by atoms with van der Waals surface area (Å²) in [4.78, 5) is 3.25. The zero-order chi connectivity index (χ0) is 15.4. The number of fused-ring (bicyclic) bond motifs is 1. The number of phenols is 1. The minimum atomic E-state index is -0.0567. The number of aliphatic hydroxyl groups excluding tert-OH is 1. The second-order valence-corrected chi connectivity index (χ2v) is 5.45. The molecule has 3 rings (SSSR count). The van der Waals surface area contributed by atoms with Gasteiger partial charge in [0, 0.05) is 35.2 Å². The molecule has 0 saturated heterocycles. The van der Waals surface area contributed by atoms with Gasteiger partial charge < -0.3 is 20.5 Å². The van der Waals surface area contributed by atoms with Crippen molar-refractivity contribution < 1.29 is 10.2 Å². The number of aromatic amines is 1. The van der Waals surface area contributed by atoms with E-state index in [1.54, 1.807) is 12.1 Å². The van der Waals surface area contributed by atoms with Crippen molar-refractivity contribution >= 4 is 10.9 Å². The maximum absolute atomic E-state index is 9.79. The quantitative estimate of drug-likeness (QED) is 0.565. The van der Waals surface area contributed by atoms with Gasteiger partial charge in [-0.2, -0.15) is 0 Å². The lowest BCUT2D eigenvalue weighted by Gasteiger charge is -2.16. The number of aliphatic hydroxyl groups is 1. The van der Waals surface area contributed by atoms with Crippen molar-refractivity contribution in [2.75, 3.05) is 6.61 Å². The number of hydrogen-bond acceptors (Lipinski definition) is 3. The number of nitrogens with one attached hydrogen (secondary N) is 2. The predicted molar refractivity (Wildman–Crippen MR) is 87.8 cm³/mol. The second-order valence-electron chi connectivity index (χ2n) is 5.45. The summed E-state index contributed by atoms with van der Waals surface area (Å²) in [6, 6.07) is 15.3. The molecule has 0 radical (unpaired) electrons. The van der Waals surface area contributed by atoms with Crippen molar-refractivity contribution in [3.63, 3.8) is 0 Å². The lowest BCUT2D eigenvalue weighted by molar-refractivity contribution is 0.240. The molecular formula is C18H20N2O2. The first-order chi connectivity index (χ1) is 10.8. The third-order valence-electron chi connectivity index (χ3n) is 3.93. The SMILES string of the molecule is OC[C@H](Cc1c[nH]c2ccccc12)NCc1ccccc1O. The summed E-state index contributed by atoms with van der Waals surface area (Å²) < 4.78 is 0. The van der Waals surface area contributed by atoms with Gasteiger partial charge in [-0.25, -0.2) is 0 Å². The summed E-state index contributed by atoms with van der Waals surface area (Å²) in [7, 11) is 0. The maximum Gasteiger partial charge on any atom is 0.120 e. The first kappa shape index (κ1) is 14.6. The zero-order valence-corrected chi connectivity index (χ0v) is 12.3. The summed E-state index contributed by atoms with van der Waals surface area (Å²) in [5, 5.41) is 23.9. The van der Waals surface area contributed by atoms with Crippen LogP contribution in [0.15, 0.2) is 54.7 Å². The lowest BCUT2D eigenvalue weighted by Crippen LogP contribution is -2.34. The van der Waals surface area contributed by atoms with Crippen LogP contribution in [0.1, 0.15) is 11.1 Å². The standard InChI is InChI=1S/C18H20N2O2/c21-12-15(19-10-13-5-1-4-8-18(13)22)9-14-11-20-17-7-3-2-6-16(14)17/h1-8,11,15,19-22H,9-10,12H2/t15-/m0/s1. The van der Waals surface area contributed by atoms with Gasteiger partial charge in [-0.3, -0.25) is 0 Å². The van der Waals surface area contributed by atoms with Crippen LogP contribution in [-0.2, 0) is 13.0 Å². The van der Waals surface area contributed by atoms with Crippen LogP contribution in [0.4, 0.5) is 0 Å². The summed E-state index contributed by atoms with van der Waals surface area (Å²) in [6.07, 6.45) is 2.73. The highest BCUT2D eigenvalue weighted by molar-refractivity contribution is 5.83. The van der Waals surface area contributed by atoms with E-state index < -0.39 is 0 Å². The third-order valence-corrected chi connectivity index (χ3v) is 3.93. The summed E-state index contributed by atoms with van der Waals surface area (Å²) in [5.41, 5.74) is 3.12. The van der Waals surface area contributed by atoms with Crippen LogP contribution in [0.3, 0.4) is 0 Å². The van der Waals surface area contributed by atoms with Crippen molar-refractivity contribution in [1.29, 1.82) is 0 Å². The van der Waals surface area contributed by atoms with E-state index in [9.17, 15) is 10.2 Å². The highest BCUT2D eigenvalue weighted by Crippen LogP contribution is 2.20. The highest BCUT2D eigenvalue weighted by atomic mass is 16.3. The number of H-pyrrole nitrogens is 1. The van der Waals surface area contributed by atoms with E-state index in [0.29, 0.717) is 6.54 Å². The number of benzene rings is 2. The zero-order valence-electron chi connectivity index (χ0n) is 12.3. The molecule has 4 nitrogen and oxygen atoms in total. The van der Waals surface area contributed by atoms with Gasteiger partial charge in [0.25, 0.3) is 0 Å². The van der Waals surface area contributed by atoms with Crippen molar-refractivity contribution in [3.8, 4) is 5.75 Å². The fourth-order valence-electron chi connectivity index (χ4n) is 2.68. The molecule has 1 heterocycles. The number of para-hydroxylation sites is 2. The molecule has 2 aromatic carbocycles. The van der Waals surface area contributed by atoms with Crippen LogP contribution < -0.4 is 5.32 Å². The molecule has 0 spiro atoms. The molecule has 0 bridgehead atoms. The Labute approximate surface area is 129 Å². The van der Waals surface area contributed by atoms with E-state index in [1.165, 1.54) is 10.9 Å². The molecule has 4 heteroatoms. The molecule has 22 heavy (non-hydrogen) atoms. The highest BCUT2D eigenvalue weighted by Gasteiger charge is 2.12. The molecule has 1 atom stereocenters. The largest absolute Gasteiger partial charge is 0.508 e. The van der Waals surface area contributed by atoms with Crippen molar-refractivity contribution in [3.05, 3.63) is 65.9 Å². The van der Waals surface area contributed by atoms with Gasteiger partial charge in [-0.15, -0.1) is 0 Å². The predicted octanol–water partition coefficient (Wildman–Crippen LogP) is 2.57. The average Bonchev–Trinajstić information content (AvgIpc) is 2.96. The lowest BCUT2D eigenvalue weighted by atomic mass is 10.0. The number of aromatic hydroxyl groups is 1. The van der Waals surface area contributed by atoms with Crippen LogP contribution in [-0.4, -0.2) is 27.8 Å². The molecule has 0 aliphatic rings. The summed E-state index contributed by atoms with van der Waals surface area (Å²) in [6.45, 7) is 0.577. The molecule has 0 saturated carbocycles. The Morgan fingerprint density at radius 1 is 1.00 bits per heavy atom. The minimum absolute atomic E-state index is 0.0487. The topological polar surface area (TPSA) is 68.3 Å². The first-order valence-corrected chi connectivity index (χ1v) is 7.44. The summed E-state index contributed by atoms with van der Waals surface area (Å²) >= 11 is 0. The molecule has 0 aliphatic heterocycles. The molecule has 0 unspecified atom stereocenters. The van der Waals surface area contributed by atoms with Gasteiger partial charge in [0.05, 0.1) is 6.61 Å². The average molecular weight is 296 g/mol. The number of hydrogen-bond donors (Lipinski definition) is 4. The van der Waals surface area contributed by atoms with Gasteiger partial charge >= 0.3 is 0 Å².